The molecule has 1 aliphatic heterocycles. The fourth-order valence-corrected chi connectivity index (χ4v) is 3.22. The average molecular weight is 371 g/mol. The predicted octanol–water partition coefficient (Wildman–Crippen LogP) is 0.950. The van der Waals surface area contributed by atoms with Crippen LogP contribution in [-0.4, -0.2) is 49.5 Å². The Hall–Kier alpha value is -3.29. The molecule has 0 saturated heterocycles. The molecule has 2 heterocycles. The summed E-state index contributed by atoms with van der Waals surface area (Å²) in [5.74, 6) is -0.109. The fourth-order valence-electron chi connectivity index (χ4n) is 3.22. The van der Waals surface area contributed by atoms with Crippen molar-refractivity contribution < 1.29 is 19.1 Å². The van der Waals surface area contributed by atoms with Crippen LogP contribution in [0.1, 0.15) is 32.0 Å². The number of carbonyl (C=O) groups is 2. The second-order valence-corrected chi connectivity index (χ2v) is 6.12. The number of aromatic nitrogens is 1. The zero-order valence-corrected chi connectivity index (χ0v) is 15.4. The third kappa shape index (κ3) is 3.38. The molecule has 0 atom stereocenters. The van der Waals surface area contributed by atoms with Crippen molar-refractivity contribution in [2.45, 2.75) is 13.0 Å². The molecule has 0 fully saturated rings. The molecule has 0 bridgehead atoms. The number of rotatable bonds is 5. The molecule has 1 aromatic carbocycles. The summed E-state index contributed by atoms with van der Waals surface area (Å²) in [6, 6.07) is 7.42. The van der Waals surface area contributed by atoms with Crippen LogP contribution in [0.3, 0.4) is 0 Å². The molecule has 27 heavy (non-hydrogen) atoms. The first-order valence-corrected chi connectivity index (χ1v) is 8.47. The third-order valence-corrected chi connectivity index (χ3v) is 4.60. The maximum absolute atomic E-state index is 13.1. The number of ether oxygens (including phenoxy) is 2. The lowest BCUT2D eigenvalue weighted by atomic mass is 9.96. The summed E-state index contributed by atoms with van der Waals surface area (Å²) in [7, 11) is 4.39. The molecule has 1 aliphatic rings. The zero-order chi connectivity index (χ0) is 19.6. The topological polar surface area (TPSA) is 101 Å². The smallest absolute Gasteiger partial charge is 0.291 e. The first-order valence-electron chi connectivity index (χ1n) is 8.47. The molecule has 2 aromatic rings. The van der Waals surface area contributed by atoms with Gasteiger partial charge >= 0.3 is 0 Å². The number of carbonyl (C=O) groups excluding carboxylic acids is 2. The van der Waals surface area contributed by atoms with Gasteiger partial charge in [0.05, 0.1) is 19.8 Å². The second-order valence-electron chi connectivity index (χ2n) is 6.12. The van der Waals surface area contributed by atoms with Crippen LogP contribution >= 0.6 is 0 Å². The van der Waals surface area contributed by atoms with Gasteiger partial charge in [0.15, 0.2) is 5.75 Å². The Morgan fingerprint density at radius 3 is 2.48 bits per heavy atom. The number of amides is 2. The van der Waals surface area contributed by atoms with Crippen molar-refractivity contribution in [3.63, 3.8) is 0 Å². The first-order chi connectivity index (χ1) is 13.0. The maximum Gasteiger partial charge on any atom is 0.291 e. The molecular weight excluding hydrogens is 350 g/mol. The number of aromatic amines is 1. The third-order valence-electron chi connectivity index (χ3n) is 4.60. The Morgan fingerprint density at radius 1 is 1.19 bits per heavy atom. The van der Waals surface area contributed by atoms with E-state index in [0.717, 1.165) is 11.3 Å². The van der Waals surface area contributed by atoms with E-state index >= 15 is 0 Å². The van der Waals surface area contributed by atoms with Gasteiger partial charge in [0.1, 0.15) is 11.4 Å². The van der Waals surface area contributed by atoms with Crippen molar-refractivity contribution >= 4 is 11.8 Å². The van der Waals surface area contributed by atoms with Gasteiger partial charge in [-0.1, -0.05) is 12.1 Å². The van der Waals surface area contributed by atoms with Gasteiger partial charge < -0.3 is 24.7 Å². The Balaban J connectivity index is 1.99. The van der Waals surface area contributed by atoms with E-state index in [4.69, 9.17) is 9.47 Å². The summed E-state index contributed by atoms with van der Waals surface area (Å²) in [6.07, 6.45) is 0.438. The summed E-state index contributed by atoms with van der Waals surface area (Å²) >= 11 is 0. The molecule has 3 rings (SSSR count). The number of methoxy groups -OCH3 is 2. The number of pyridine rings is 1. The van der Waals surface area contributed by atoms with Gasteiger partial charge in [-0.3, -0.25) is 14.4 Å². The molecule has 8 nitrogen and oxygen atoms in total. The number of H-pyrrole nitrogens is 1. The van der Waals surface area contributed by atoms with Crippen LogP contribution in [0.15, 0.2) is 29.1 Å². The van der Waals surface area contributed by atoms with E-state index in [9.17, 15) is 14.4 Å². The number of nitrogens with zero attached hydrogens (tertiary/aromatic N) is 1. The van der Waals surface area contributed by atoms with Crippen LogP contribution in [0.4, 0.5) is 0 Å². The van der Waals surface area contributed by atoms with E-state index in [1.54, 1.807) is 12.0 Å². The molecule has 0 spiro atoms. The molecule has 2 N–H and O–H groups in total. The molecule has 1 aromatic heterocycles. The highest BCUT2D eigenvalue weighted by Crippen LogP contribution is 2.28. The normalized spacial score (nSPS) is 13.1. The second kappa shape index (κ2) is 7.53. The first kappa shape index (κ1) is 18.5. The average Bonchev–Trinajstić information content (AvgIpc) is 2.69. The summed E-state index contributed by atoms with van der Waals surface area (Å²) < 4.78 is 10.3. The van der Waals surface area contributed by atoms with Crippen LogP contribution in [-0.2, 0) is 13.0 Å². The number of fused-ring (bicyclic) bond motifs is 1. The van der Waals surface area contributed by atoms with Crippen molar-refractivity contribution in [3.05, 3.63) is 57.0 Å². The van der Waals surface area contributed by atoms with Crippen LogP contribution in [0.2, 0.25) is 0 Å². The molecule has 2 amide bonds. The zero-order valence-electron chi connectivity index (χ0n) is 15.4. The lowest BCUT2D eigenvalue weighted by molar-refractivity contribution is 0.0721. The van der Waals surface area contributed by atoms with E-state index in [1.807, 2.05) is 24.3 Å². The largest absolute Gasteiger partial charge is 0.497 e. The monoisotopic (exact) mass is 371 g/mol. The van der Waals surface area contributed by atoms with E-state index in [-0.39, 0.29) is 22.9 Å². The molecule has 0 unspecified atom stereocenters. The van der Waals surface area contributed by atoms with Gasteiger partial charge in [0.2, 0.25) is 0 Å². The SMILES string of the molecule is CNC(=O)c1[nH]c(=O)c(OC)c2c1CCN(Cc1ccc(OC)cc1)C2=O. The lowest BCUT2D eigenvalue weighted by Crippen LogP contribution is -2.40. The van der Waals surface area contributed by atoms with Gasteiger partial charge in [-0.05, 0) is 29.7 Å². The quantitative estimate of drug-likeness (QED) is 0.815. The lowest BCUT2D eigenvalue weighted by Gasteiger charge is -2.30. The number of hydrogen-bond acceptors (Lipinski definition) is 5. The Morgan fingerprint density at radius 2 is 1.89 bits per heavy atom. The van der Waals surface area contributed by atoms with Gasteiger partial charge in [0, 0.05) is 20.1 Å². The van der Waals surface area contributed by atoms with E-state index in [0.29, 0.717) is 25.1 Å². The van der Waals surface area contributed by atoms with Crippen molar-refractivity contribution in [2.24, 2.45) is 0 Å². The molecular formula is C19H21N3O5. The fraction of sp³-hybridized carbons (Fsp3) is 0.316. The number of hydrogen-bond donors (Lipinski definition) is 2. The molecule has 0 radical (unpaired) electrons. The maximum atomic E-state index is 13.1. The van der Waals surface area contributed by atoms with Gasteiger partial charge in [-0.2, -0.15) is 0 Å². The summed E-state index contributed by atoms with van der Waals surface area (Å²) in [5, 5.41) is 2.49. The standard InChI is InChI=1S/C19H21N3O5/c1-20-17(23)15-13-8-9-22(10-11-4-6-12(26-2)7-5-11)19(25)14(13)16(27-3)18(24)21-15/h4-7H,8-10H2,1-3H3,(H,20,23)(H,21,24). The molecule has 0 saturated carbocycles. The molecule has 8 heteroatoms. The Bertz CT molecular complexity index is 934. The summed E-state index contributed by atoms with van der Waals surface area (Å²) in [4.78, 5) is 41.7. The van der Waals surface area contributed by atoms with Crippen LogP contribution in [0.5, 0.6) is 11.5 Å². The minimum absolute atomic E-state index is 0.0675. The van der Waals surface area contributed by atoms with Crippen molar-refractivity contribution in [1.82, 2.24) is 15.2 Å². The van der Waals surface area contributed by atoms with Crippen molar-refractivity contribution in [1.29, 1.82) is 0 Å². The van der Waals surface area contributed by atoms with Gasteiger partial charge in [0.25, 0.3) is 17.4 Å². The molecule has 0 aliphatic carbocycles. The van der Waals surface area contributed by atoms with Crippen LogP contribution in [0, 0.1) is 0 Å². The van der Waals surface area contributed by atoms with Crippen LogP contribution < -0.4 is 20.3 Å². The van der Waals surface area contributed by atoms with E-state index in [2.05, 4.69) is 10.3 Å². The number of benzene rings is 1. The van der Waals surface area contributed by atoms with Crippen LogP contribution in [0.25, 0.3) is 0 Å². The summed E-state index contributed by atoms with van der Waals surface area (Å²) in [5.41, 5.74) is 1.09. The van der Waals surface area contributed by atoms with E-state index < -0.39 is 11.5 Å². The Kier molecular flexibility index (Phi) is 5.16. The highest BCUT2D eigenvalue weighted by molar-refractivity contribution is 6.03. The van der Waals surface area contributed by atoms with Crippen molar-refractivity contribution in [2.75, 3.05) is 27.8 Å². The highest BCUT2D eigenvalue weighted by Gasteiger charge is 2.33. The van der Waals surface area contributed by atoms with Gasteiger partial charge in [-0.25, -0.2) is 0 Å². The minimum atomic E-state index is -0.602. The van der Waals surface area contributed by atoms with Crippen molar-refractivity contribution in [3.8, 4) is 11.5 Å². The predicted molar refractivity (Wildman–Crippen MR) is 98.4 cm³/mol. The molecule has 142 valence electrons. The highest BCUT2D eigenvalue weighted by atomic mass is 16.5. The summed E-state index contributed by atoms with van der Waals surface area (Å²) in [6.45, 7) is 0.810. The van der Waals surface area contributed by atoms with Gasteiger partial charge in [-0.15, -0.1) is 0 Å². The van der Waals surface area contributed by atoms with E-state index in [1.165, 1.54) is 14.2 Å². The minimum Gasteiger partial charge on any atom is -0.497 e. The number of nitrogens with one attached hydrogen (secondary N) is 2. The Labute approximate surface area is 156 Å².